The van der Waals surface area contributed by atoms with Crippen molar-refractivity contribution < 1.29 is 26.3 Å². The molecule has 60 heavy (non-hydrogen) atoms. The van der Waals surface area contributed by atoms with E-state index in [2.05, 4.69) is 210 Å². The number of nitrogens with one attached hydrogen (secondary N) is 2. The molecule has 2 aliphatic heterocycles. The van der Waals surface area contributed by atoms with Crippen molar-refractivity contribution >= 4 is 46.4 Å². The van der Waals surface area contributed by atoms with Crippen LogP contribution < -0.4 is 26.3 Å². The van der Waals surface area contributed by atoms with E-state index in [1.165, 1.54) is 5.56 Å². The van der Waals surface area contributed by atoms with Crippen LogP contribution in [0, 0.1) is 6.92 Å². The molecular formula is C53H42BrN5O. The fourth-order valence-electron chi connectivity index (χ4n) is 8.18. The van der Waals surface area contributed by atoms with Crippen LogP contribution in [0.4, 0.5) is 0 Å². The quantitative estimate of drug-likeness (QED) is 0.113. The molecule has 8 bridgehead atoms. The Hall–Kier alpha value is -7.09. The van der Waals surface area contributed by atoms with Crippen LogP contribution >= 0.6 is 0 Å². The van der Waals surface area contributed by atoms with Crippen molar-refractivity contribution in [1.82, 2.24) is 19.9 Å². The maximum Gasteiger partial charge on any atom is 0.171 e. The minimum atomic E-state index is 0. The first-order chi connectivity index (χ1) is 29.1. The van der Waals surface area contributed by atoms with E-state index in [-0.39, 0.29) is 17.0 Å². The van der Waals surface area contributed by atoms with E-state index in [1.807, 2.05) is 0 Å². The van der Waals surface area contributed by atoms with Crippen molar-refractivity contribution in [3.05, 3.63) is 192 Å². The molecule has 0 unspecified atom stereocenters. The number of aromatic nitrogens is 5. The van der Waals surface area contributed by atoms with Gasteiger partial charge >= 0.3 is 0 Å². The summed E-state index contributed by atoms with van der Waals surface area (Å²) < 4.78 is 8.45. The highest BCUT2D eigenvalue weighted by atomic mass is 79.9. The van der Waals surface area contributed by atoms with Crippen LogP contribution in [0.5, 0.6) is 5.75 Å². The highest BCUT2D eigenvalue weighted by molar-refractivity contribution is 5.99. The largest absolute Gasteiger partial charge is 1.00 e. The smallest absolute Gasteiger partial charge is 0.171 e. The van der Waals surface area contributed by atoms with Gasteiger partial charge in [-0.3, -0.25) is 0 Å². The number of rotatable bonds is 9. The van der Waals surface area contributed by atoms with E-state index in [9.17, 15) is 0 Å². The predicted molar refractivity (Wildman–Crippen MR) is 242 cm³/mol. The number of halogens is 1. The van der Waals surface area contributed by atoms with Gasteiger partial charge in [0.2, 0.25) is 0 Å². The summed E-state index contributed by atoms with van der Waals surface area (Å²) >= 11 is 0. The molecule has 10 rings (SSSR count). The zero-order valence-corrected chi connectivity index (χ0v) is 34.7. The van der Waals surface area contributed by atoms with Crippen LogP contribution in [0.15, 0.2) is 164 Å². The molecule has 0 fully saturated rings. The molecule has 7 heteroatoms. The summed E-state index contributed by atoms with van der Waals surface area (Å²) in [5.74, 6) is 0.840. The number of benzene rings is 4. The van der Waals surface area contributed by atoms with Gasteiger partial charge in [0.15, 0.2) is 18.9 Å². The third-order valence-electron chi connectivity index (χ3n) is 10.9. The normalized spacial score (nSPS) is 11.7. The van der Waals surface area contributed by atoms with E-state index in [0.29, 0.717) is 6.61 Å². The first-order valence-corrected chi connectivity index (χ1v) is 20.2. The lowest BCUT2D eigenvalue weighted by Crippen LogP contribution is -3.00. The van der Waals surface area contributed by atoms with Crippen molar-refractivity contribution in [3.8, 4) is 50.3 Å². The van der Waals surface area contributed by atoms with E-state index in [0.717, 1.165) is 108 Å². The summed E-state index contributed by atoms with van der Waals surface area (Å²) in [7, 11) is 0. The average molecular weight is 845 g/mol. The number of aryl methyl sites for hydroxylation is 2. The number of fused-ring (bicyclic) bond motifs is 8. The van der Waals surface area contributed by atoms with Crippen LogP contribution in [0.3, 0.4) is 0 Å². The zero-order chi connectivity index (χ0) is 39.5. The molecule has 0 aliphatic carbocycles. The van der Waals surface area contributed by atoms with Crippen LogP contribution in [-0.4, -0.2) is 26.5 Å². The van der Waals surface area contributed by atoms with Gasteiger partial charge < -0.3 is 31.7 Å². The SMILES string of the molecule is Cc1ccc[n+](CCCOc2ccc(-c3c4nc(c(-c5ccccc5)c5ccc([nH]5)c(-c5ccccc5)c5nc(c(-c6ccccc6)c6ccc3[nH]6)C=C5)C=C4)cc2)c1.[Br-]. The molecule has 6 heterocycles. The van der Waals surface area contributed by atoms with Gasteiger partial charge in [-0.2, -0.15) is 0 Å². The molecule has 6 nitrogen and oxygen atoms in total. The lowest BCUT2D eigenvalue weighted by atomic mass is 10.0. The van der Waals surface area contributed by atoms with Gasteiger partial charge in [0.25, 0.3) is 0 Å². The molecule has 0 saturated carbocycles. The first-order valence-electron chi connectivity index (χ1n) is 20.2. The number of H-pyrrole nitrogens is 2. The summed E-state index contributed by atoms with van der Waals surface area (Å²) in [5, 5.41) is 0. The van der Waals surface area contributed by atoms with Crippen molar-refractivity contribution in [3.63, 3.8) is 0 Å². The summed E-state index contributed by atoms with van der Waals surface area (Å²) in [5.41, 5.74) is 17.0. The summed E-state index contributed by atoms with van der Waals surface area (Å²) in [6.07, 6.45) is 13.7. The minimum absolute atomic E-state index is 0. The number of hydrogen-bond donors (Lipinski definition) is 2. The van der Waals surface area contributed by atoms with Gasteiger partial charge in [0.1, 0.15) is 5.75 Å². The van der Waals surface area contributed by atoms with E-state index in [1.54, 1.807) is 0 Å². The lowest BCUT2D eigenvalue weighted by Gasteiger charge is -2.08. The second-order valence-electron chi connectivity index (χ2n) is 14.9. The second kappa shape index (κ2) is 17.0. The van der Waals surface area contributed by atoms with Crippen LogP contribution in [0.2, 0.25) is 0 Å². The summed E-state index contributed by atoms with van der Waals surface area (Å²) in [4.78, 5) is 18.5. The molecule has 4 aromatic heterocycles. The Morgan fingerprint density at radius 3 is 1.27 bits per heavy atom. The Kier molecular flexibility index (Phi) is 10.9. The van der Waals surface area contributed by atoms with Crippen molar-refractivity contribution in [2.75, 3.05) is 6.61 Å². The fourth-order valence-corrected chi connectivity index (χ4v) is 8.18. The first kappa shape index (κ1) is 38.4. The number of hydrogen-bond acceptors (Lipinski definition) is 3. The summed E-state index contributed by atoms with van der Waals surface area (Å²) in [6.45, 7) is 3.65. The molecule has 0 amide bonds. The maximum absolute atomic E-state index is 6.24. The molecule has 2 N–H and O–H groups in total. The Morgan fingerprint density at radius 2 is 0.867 bits per heavy atom. The molecule has 292 valence electrons. The van der Waals surface area contributed by atoms with E-state index < -0.39 is 0 Å². The Morgan fingerprint density at radius 1 is 0.467 bits per heavy atom. The molecular weight excluding hydrogens is 803 g/mol. The highest BCUT2D eigenvalue weighted by Gasteiger charge is 2.19. The van der Waals surface area contributed by atoms with Gasteiger partial charge in [-0.25, -0.2) is 14.5 Å². The highest BCUT2D eigenvalue weighted by Crippen LogP contribution is 2.38. The molecule has 0 saturated heterocycles. The molecule has 4 aromatic carbocycles. The average Bonchev–Trinajstić information content (AvgIpc) is 4.13. The van der Waals surface area contributed by atoms with Gasteiger partial charge in [-0.1, -0.05) is 103 Å². The monoisotopic (exact) mass is 843 g/mol. The zero-order valence-electron chi connectivity index (χ0n) is 33.1. The Balaban J connectivity index is 0.00000462. The van der Waals surface area contributed by atoms with Crippen LogP contribution in [0.1, 0.15) is 34.8 Å². The topological polar surface area (TPSA) is 70.5 Å². The Bertz CT molecular complexity index is 3000. The van der Waals surface area contributed by atoms with Crippen molar-refractivity contribution in [1.29, 1.82) is 0 Å². The number of ether oxygens (including phenoxy) is 1. The van der Waals surface area contributed by atoms with Crippen LogP contribution in [-0.2, 0) is 6.54 Å². The van der Waals surface area contributed by atoms with Crippen molar-refractivity contribution in [2.24, 2.45) is 0 Å². The molecule has 8 aromatic rings. The molecule has 0 atom stereocenters. The summed E-state index contributed by atoms with van der Waals surface area (Å²) in [6, 6.07) is 52.8. The van der Waals surface area contributed by atoms with Gasteiger partial charge in [0, 0.05) is 62.4 Å². The maximum atomic E-state index is 6.24. The Labute approximate surface area is 360 Å². The molecule has 2 aliphatic rings. The predicted octanol–water partition coefficient (Wildman–Crippen LogP) is 9.39. The lowest BCUT2D eigenvalue weighted by molar-refractivity contribution is -0.697. The fraction of sp³-hybridized carbons (Fsp3) is 0.0755. The van der Waals surface area contributed by atoms with E-state index >= 15 is 0 Å². The van der Waals surface area contributed by atoms with Crippen LogP contribution in [0.25, 0.3) is 90.9 Å². The molecule has 0 spiro atoms. The third-order valence-corrected chi connectivity index (χ3v) is 10.9. The third kappa shape index (κ3) is 7.75. The van der Waals surface area contributed by atoms with E-state index in [4.69, 9.17) is 14.7 Å². The van der Waals surface area contributed by atoms with Gasteiger partial charge in [0.05, 0.1) is 29.4 Å². The van der Waals surface area contributed by atoms with Gasteiger partial charge in [-0.05, 0) is 95.9 Å². The molecule has 0 radical (unpaired) electrons. The minimum Gasteiger partial charge on any atom is -1.00 e. The number of nitrogens with zero attached hydrogens (tertiary/aromatic N) is 3. The number of aromatic amines is 2. The van der Waals surface area contributed by atoms with Crippen molar-refractivity contribution in [2.45, 2.75) is 19.9 Å². The number of pyridine rings is 1. The van der Waals surface area contributed by atoms with Gasteiger partial charge in [-0.15, -0.1) is 0 Å². The standard InChI is InChI=1S/C53H42N5O.BrH/c1-36-13-11-32-58(35-36)33-12-34-59-41-22-20-40(21-23-41)53-48-30-28-46(56-48)51(38-16-7-3-8-17-38)44-26-24-42(54-44)50(37-14-5-2-6-15-37)43-25-27-45(55-43)52(39-18-9-4-10-19-39)47-29-31-49(53)57-47;/h2-11,13-32,35,54,57H,12,33-34H2,1H3;1H/q+1;/p-1. The second-order valence-corrected chi connectivity index (χ2v) is 14.9.